The highest BCUT2D eigenvalue weighted by Gasteiger charge is 2.16. The average Bonchev–Trinajstić information content (AvgIpc) is 2.07. The second kappa shape index (κ2) is 8.65. The number of nitrogens with two attached hydrogens (primary N) is 1. The van der Waals surface area contributed by atoms with Gasteiger partial charge >= 0.3 is 0 Å². The van der Waals surface area contributed by atoms with Gasteiger partial charge in [0.25, 0.3) is 0 Å². The van der Waals surface area contributed by atoms with Crippen molar-refractivity contribution in [3.8, 4) is 12.3 Å². The van der Waals surface area contributed by atoms with E-state index in [4.69, 9.17) is 12.2 Å². The summed E-state index contributed by atoms with van der Waals surface area (Å²) in [6.07, 6.45) is 7.65. The van der Waals surface area contributed by atoms with Crippen molar-refractivity contribution in [2.75, 3.05) is 26.2 Å². The molecule has 1 saturated heterocycles. The smallest absolute Gasteiger partial charge is 0.0598 e. The molecule has 2 N–H and O–H groups in total. The van der Waals surface area contributed by atoms with Crippen molar-refractivity contribution < 1.29 is 0 Å². The van der Waals surface area contributed by atoms with Crippen LogP contribution in [0.4, 0.5) is 0 Å². The molecule has 1 heterocycles. The van der Waals surface area contributed by atoms with Crippen molar-refractivity contribution in [2.24, 2.45) is 11.7 Å². The fourth-order valence-corrected chi connectivity index (χ4v) is 1.51. The Labute approximate surface area is 93.1 Å². The van der Waals surface area contributed by atoms with Gasteiger partial charge in [0.05, 0.1) is 6.54 Å². The van der Waals surface area contributed by atoms with Crippen LogP contribution in [0.15, 0.2) is 0 Å². The van der Waals surface area contributed by atoms with Crippen LogP contribution in [-0.4, -0.2) is 31.1 Å². The third kappa shape index (κ3) is 5.38. The number of halogens is 2. The lowest BCUT2D eigenvalue weighted by Gasteiger charge is -2.29. The standard InChI is InChI=1S/C9H16N2.2ClH/c1-2-5-11-6-3-9(8-10)4-7-11;;/h1,9H,3-8,10H2;2*1H. The number of terminal acetylenes is 1. The fraction of sp³-hybridized carbons (Fsp3) is 0.778. The highest BCUT2D eigenvalue weighted by atomic mass is 35.5. The summed E-state index contributed by atoms with van der Waals surface area (Å²) in [6.45, 7) is 3.90. The summed E-state index contributed by atoms with van der Waals surface area (Å²) in [5.74, 6) is 3.40. The maximum Gasteiger partial charge on any atom is 0.0598 e. The maximum absolute atomic E-state index is 5.56. The zero-order valence-corrected chi connectivity index (χ0v) is 9.37. The van der Waals surface area contributed by atoms with Crippen LogP contribution in [0, 0.1) is 18.3 Å². The highest BCUT2D eigenvalue weighted by Crippen LogP contribution is 2.14. The van der Waals surface area contributed by atoms with Gasteiger partial charge in [-0.2, -0.15) is 0 Å². The summed E-state index contributed by atoms with van der Waals surface area (Å²) >= 11 is 0. The normalized spacial score (nSPS) is 18.2. The molecule has 4 heteroatoms. The van der Waals surface area contributed by atoms with Crippen LogP contribution in [0.25, 0.3) is 0 Å². The molecule has 0 aliphatic carbocycles. The molecule has 1 aliphatic rings. The molecule has 0 aromatic heterocycles. The number of piperidine rings is 1. The molecular weight excluding hydrogens is 207 g/mol. The van der Waals surface area contributed by atoms with E-state index in [2.05, 4.69) is 10.8 Å². The monoisotopic (exact) mass is 224 g/mol. The first-order valence-corrected chi connectivity index (χ1v) is 4.22. The Bertz CT molecular complexity index is 148. The van der Waals surface area contributed by atoms with Crippen molar-refractivity contribution >= 4 is 24.8 Å². The van der Waals surface area contributed by atoms with Crippen molar-refractivity contribution in [1.82, 2.24) is 4.90 Å². The van der Waals surface area contributed by atoms with Crippen molar-refractivity contribution in [3.63, 3.8) is 0 Å². The van der Waals surface area contributed by atoms with Crippen molar-refractivity contribution in [3.05, 3.63) is 0 Å². The van der Waals surface area contributed by atoms with Crippen LogP contribution in [0.3, 0.4) is 0 Å². The fourth-order valence-electron chi connectivity index (χ4n) is 1.51. The van der Waals surface area contributed by atoms with Crippen LogP contribution in [0.5, 0.6) is 0 Å². The van der Waals surface area contributed by atoms with Crippen LogP contribution in [0.2, 0.25) is 0 Å². The minimum atomic E-state index is 0. The van der Waals surface area contributed by atoms with Gasteiger partial charge in [-0.15, -0.1) is 31.2 Å². The largest absolute Gasteiger partial charge is 0.330 e. The van der Waals surface area contributed by atoms with E-state index < -0.39 is 0 Å². The van der Waals surface area contributed by atoms with Gasteiger partial charge in [0.15, 0.2) is 0 Å². The van der Waals surface area contributed by atoms with Gasteiger partial charge < -0.3 is 5.73 Å². The van der Waals surface area contributed by atoms with Crippen LogP contribution in [-0.2, 0) is 0 Å². The molecule has 78 valence electrons. The zero-order valence-electron chi connectivity index (χ0n) is 7.74. The van der Waals surface area contributed by atoms with E-state index in [0.29, 0.717) is 0 Å². The summed E-state index contributed by atoms with van der Waals surface area (Å²) in [4.78, 5) is 2.31. The summed E-state index contributed by atoms with van der Waals surface area (Å²) < 4.78 is 0. The summed E-state index contributed by atoms with van der Waals surface area (Å²) in [7, 11) is 0. The van der Waals surface area contributed by atoms with Crippen LogP contribution < -0.4 is 5.73 Å². The van der Waals surface area contributed by atoms with Gasteiger partial charge in [-0.3, -0.25) is 4.90 Å². The molecule has 1 rings (SSSR count). The molecule has 0 atom stereocenters. The van der Waals surface area contributed by atoms with Gasteiger partial charge in [-0.05, 0) is 38.4 Å². The minimum Gasteiger partial charge on any atom is -0.330 e. The van der Waals surface area contributed by atoms with E-state index in [0.717, 1.165) is 32.1 Å². The highest BCUT2D eigenvalue weighted by molar-refractivity contribution is 5.85. The van der Waals surface area contributed by atoms with E-state index in [1.54, 1.807) is 0 Å². The lowest BCUT2D eigenvalue weighted by atomic mass is 9.97. The Hall–Kier alpha value is 0.0600. The number of hydrogen-bond acceptors (Lipinski definition) is 2. The SMILES string of the molecule is C#CCN1CCC(CN)CC1.Cl.Cl. The molecule has 2 nitrogen and oxygen atoms in total. The quantitative estimate of drug-likeness (QED) is 0.714. The molecule has 0 spiro atoms. The molecule has 0 amide bonds. The van der Waals surface area contributed by atoms with Crippen molar-refractivity contribution in [2.45, 2.75) is 12.8 Å². The Kier molecular flexibility index (Phi) is 10.3. The van der Waals surface area contributed by atoms with Gasteiger partial charge in [-0.1, -0.05) is 5.92 Å². The predicted molar refractivity (Wildman–Crippen MR) is 61.5 cm³/mol. The van der Waals surface area contributed by atoms with Gasteiger partial charge in [-0.25, -0.2) is 0 Å². The number of hydrogen-bond donors (Lipinski definition) is 1. The van der Waals surface area contributed by atoms with E-state index in [-0.39, 0.29) is 24.8 Å². The average molecular weight is 225 g/mol. The molecule has 0 unspecified atom stereocenters. The Morgan fingerprint density at radius 1 is 1.31 bits per heavy atom. The Morgan fingerprint density at radius 3 is 2.23 bits per heavy atom. The summed E-state index contributed by atoms with van der Waals surface area (Å²) in [5.41, 5.74) is 5.56. The molecule has 0 aromatic carbocycles. The maximum atomic E-state index is 5.56. The van der Waals surface area contributed by atoms with Gasteiger partial charge in [0.2, 0.25) is 0 Å². The minimum absolute atomic E-state index is 0. The lowest BCUT2D eigenvalue weighted by molar-refractivity contribution is 0.207. The topological polar surface area (TPSA) is 29.3 Å². The Morgan fingerprint density at radius 2 is 1.85 bits per heavy atom. The van der Waals surface area contributed by atoms with E-state index in [1.807, 2.05) is 0 Å². The second-order valence-corrected chi connectivity index (χ2v) is 3.16. The molecule has 1 aliphatic heterocycles. The molecule has 0 saturated carbocycles. The summed E-state index contributed by atoms with van der Waals surface area (Å²) in [6, 6.07) is 0. The molecule has 0 bridgehead atoms. The van der Waals surface area contributed by atoms with Crippen LogP contribution in [0.1, 0.15) is 12.8 Å². The lowest BCUT2D eigenvalue weighted by Crippen LogP contribution is -2.36. The molecule has 13 heavy (non-hydrogen) atoms. The van der Waals surface area contributed by atoms with Gasteiger partial charge in [0, 0.05) is 0 Å². The van der Waals surface area contributed by atoms with Crippen LogP contribution >= 0.6 is 24.8 Å². The third-order valence-corrected chi connectivity index (χ3v) is 2.36. The first-order chi connectivity index (χ1) is 5.36. The first kappa shape index (κ1) is 15.5. The number of likely N-dealkylation sites (tertiary alicyclic amines) is 1. The zero-order chi connectivity index (χ0) is 8.10. The predicted octanol–water partition coefficient (Wildman–Crippen LogP) is 1.13. The molecular formula is C9H18Cl2N2. The number of nitrogens with zero attached hydrogens (tertiary/aromatic N) is 1. The summed E-state index contributed by atoms with van der Waals surface area (Å²) in [5, 5.41) is 0. The van der Waals surface area contributed by atoms with E-state index >= 15 is 0 Å². The first-order valence-electron chi connectivity index (χ1n) is 4.22. The molecule has 1 fully saturated rings. The second-order valence-electron chi connectivity index (χ2n) is 3.16. The van der Waals surface area contributed by atoms with E-state index in [1.165, 1.54) is 12.8 Å². The number of rotatable bonds is 2. The van der Waals surface area contributed by atoms with Gasteiger partial charge in [0.1, 0.15) is 0 Å². The molecule has 0 aromatic rings. The Balaban J connectivity index is 0. The van der Waals surface area contributed by atoms with Crippen molar-refractivity contribution in [1.29, 1.82) is 0 Å². The molecule has 0 radical (unpaired) electrons. The van der Waals surface area contributed by atoms with E-state index in [9.17, 15) is 0 Å². The third-order valence-electron chi connectivity index (χ3n) is 2.36.